The number of rotatable bonds is 9. The van der Waals surface area contributed by atoms with Crippen molar-refractivity contribution in [3.05, 3.63) is 101 Å². The van der Waals surface area contributed by atoms with Gasteiger partial charge in [-0.2, -0.15) is 0 Å². The number of carbonyl (C=O) groups is 3. The summed E-state index contributed by atoms with van der Waals surface area (Å²) in [5.41, 5.74) is 2.73. The van der Waals surface area contributed by atoms with Gasteiger partial charge in [-0.25, -0.2) is 9.18 Å². The summed E-state index contributed by atoms with van der Waals surface area (Å²) >= 11 is 0. The van der Waals surface area contributed by atoms with Gasteiger partial charge >= 0.3 is 6.09 Å². The van der Waals surface area contributed by atoms with Crippen molar-refractivity contribution in [1.82, 2.24) is 10.2 Å². The normalized spacial score (nSPS) is 16.9. The Bertz CT molecular complexity index is 1220. The molecule has 0 bridgehead atoms. The maximum absolute atomic E-state index is 13.4. The summed E-state index contributed by atoms with van der Waals surface area (Å²) in [5.74, 6) is -0.872. The molecule has 0 aliphatic carbocycles. The average molecular weight is 490 g/mol. The Morgan fingerprint density at radius 2 is 1.72 bits per heavy atom. The predicted molar refractivity (Wildman–Crippen MR) is 133 cm³/mol. The molecule has 4 rings (SSSR count). The number of hydrogen-bond donors (Lipinski definition) is 2. The van der Waals surface area contributed by atoms with Crippen molar-refractivity contribution in [3.8, 4) is 0 Å². The van der Waals surface area contributed by atoms with Gasteiger partial charge in [-0.1, -0.05) is 61.5 Å². The third-order valence-corrected chi connectivity index (χ3v) is 5.91. The van der Waals surface area contributed by atoms with Gasteiger partial charge in [-0.15, -0.1) is 0 Å². The third-order valence-electron chi connectivity index (χ3n) is 5.91. The lowest BCUT2D eigenvalue weighted by molar-refractivity contribution is -0.126. The van der Waals surface area contributed by atoms with Crippen molar-refractivity contribution >= 4 is 23.6 Å². The number of carbonyl (C=O) groups excluding carboxylic acids is 3. The lowest BCUT2D eigenvalue weighted by atomic mass is 10.00. The van der Waals surface area contributed by atoms with Crippen LogP contribution >= 0.6 is 0 Å². The first-order valence-corrected chi connectivity index (χ1v) is 11.9. The molecule has 1 aliphatic rings. The highest BCUT2D eigenvalue weighted by molar-refractivity contribution is 5.91. The zero-order valence-electron chi connectivity index (χ0n) is 19.9. The number of anilines is 1. The van der Waals surface area contributed by atoms with E-state index in [9.17, 15) is 18.8 Å². The molecule has 0 aromatic heterocycles. The van der Waals surface area contributed by atoms with Crippen molar-refractivity contribution in [1.29, 1.82) is 0 Å². The van der Waals surface area contributed by atoms with Crippen LogP contribution in [0.5, 0.6) is 0 Å². The van der Waals surface area contributed by atoms with Crippen molar-refractivity contribution < 1.29 is 23.5 Å². The van der Waals surface area contributed by atoms with Crippen LogP contribution < -0.4 is 10.6 Å². The molecule has 1 aliphatic heterocycles. The number of ether oxygens (including phenoxy) is 1. The Hall–Kier alpha value is -4.20. The first kappa shape index (κ1) is 24.9. The lowest BCUT2D eigenvalue weighted by Crippen LogP contribution is -2.46. The summed E-state index contributed by atoms with van der Waals surface area (Å²) in [6, 6.07) is 21.2. The van der Waals surface area contributed by atoms with Crippen LogP contribution in [-0.4, -0.2) is 28.8 Å². The van der Waals surface area contributed by atoms with Crippen LogP contribution in [0, 0.1) is 5.82 Å². The Morgan fingerprint density at radius 3 is 2.44 bits per heavy atom. The van der Waals surface area contributed by atoms with Gasteiger partial charge < -0.3 is 15.4 Å². The van der Waals surface area contributed by atoms with Gasteiger partial charge in [0.05, 0.1) is 6.54 Å². The Labute approximate surface area is 209 Å². The molecule has 1 saturated heterocycles. The number of nitrogens with zero attached hydrogens (tertiary/aromatic N) is 1. The molecule has 186 valence electrons. The molecule has 36 heavy (non-hydrogen) atoms. The average Bonchev–Trinajstić information content (AvgIpc) is 3.20. The highest BCUT2D eigenvalue weighted by Gasteiger charge is 2.47. The third kappa shape index (κ3) is 6.07. The fourth-order valence-electron chi connectivity index (χ4n) is 4.13. The molecule has 0 radical (unpaired) electrons. The lowest BCUT2D eigenvalue weighted by Gasteiger charge is -2.24. The molecule has 0 spiro atoms. The molecule has 3 aromatic carbocycles. The van der Waals surface area contributed by atoms with Crippen molar-refractivity contribution in [3.63, 3.8) is 0 Å². The minimum atomic E-state index is -0.945. The predicted octanol–water partition coefficient (Wildman–Crippen LogP) is 4.94. The molecular formula is C28H28FN3O4. The summed E-state index contributed by atoms with van der Waals surface area (Å²) < 4.78 is 19.0. The minimum absolute atomic E-state index is 0.114. The number of hydrogen-bond acceptors (Lipinski definition) is 4. The van der Waals surface area contributed by atoms with E-state index in [1.807, 2.05) is 37.3 Å². The van der Waals surface area contributed by atoms with E-state index in [4.69, 9.17) is 4.74 Å². The van der Waals surface area contributed by atoms with E-state index < -0.39 is 24.1 Å². The van der Waals surface area contributed by atoms with Gasteiger partial charge in [0, 0.05) is 18.7 Å². The summed E-state index contributed by atoms with van der Waals surface area (Å²) in [5, 5.41) is 5.69. The topological polar surface area (TPSA) is 87.7 Å². The van der Waals surface area contributed by atoms with Crippen molar-refractivity contribution in [2.75, 3.05) is 5.32 Å². The largest absolute Gasteiger partial charge is 0.438 e. The second-order valence-corrected chi connectivity index (χ2v) is 8.63. The maximum atomic E-state index is 13.4. The van der Waals surface area contributed by atoms with E-state index in [1.165, 1.54) is 17.0 Å². The van der Waals surface area contributed by atoms with E-state index in [2.05, 4.69) is 10.6 Å². The smallest absolute Gasteiger partial charge is 0.411 e. The van der Waals surface area contributed by atoms with E-state index in [0.29, 0.717) is 17.7 Å². The van der Waals surface area contributed by atoms with Gasteiger partial charge in [-0.3, -0.25) is 14.5 Å². The second-order valence-electron chi connectivity index (χ2n) is 8.63. The van der Waals surface area contributed by atoms with Crippen molar-refractivity contribution in [2.45, 2.75) is 45.0 Å². The zero-order valence-corrected chi connectivity index (χ0v) is 19.9. The summed E-state index contributed by atoms with van der Waals surface area (Å²) in [7, 11) is 0. The molecule has 2 N–H and O–H groups in total. The monoisotopic (exact) mass is 489 g/mol. The van der Waals surface area contributed by atoms with Crippen LogP contribution in [0.1, 0.15) is 42.6 Å². The van der Waals surface area contributed by atoms with E-state index in [0.717, 1.165) is 17.5 Å². The molecule has 3 amide bonds. The van der Waals surface area contributed by atoms with Crippen LogP contribution in [0.4, 0.5) is 14.9 Å². The van der Waals surface area contributed by atoms with Crippen LogP contribution in [0.3, 0.4) is 0 Å². The van der Waals surface area contributed by atoms with E-state index >= 15 is 0 Å². The van der Waals surface area contributed by atoms with Crippen LogP contribution in [0.2, 0.25) is 0 Å². The molecular weight excluding hydrogens is 461 g/mol. The SMILES string of the molecule is CCCC(=O)Nc1cccc(C2OC(=O)N(Cc3ccccc3)C2C(=O)NCc2ccc(F)cc2)c1. The maximum Gasteiger partial charge on any atom is 0.411 e. The molecule has 8 heteroatoms. The minimum Gasteiger partial charge on any atom is -0.438 e. The molecule has 2 atom stereocenters. The van der Waals surface area contributed by atoms with Crippen molar-refractivity contribution in [2.24, 2.45) is 0 Å². The van der Waals surface area contributed by atoms with Crippen LogP contribution in [0.15, 0.2) is 78.9 Å². The molecule has 3 aromatic rings. The van der Waals surface area contributed by atoms with Crippen LogP contribution in [0.25, 0.3) is 0 Å². The second kappa shape index (κ2) is 11.5. The molecule has 2 unspecified atom stereocenters. The standard InChI is InChI=1S/C28H28FN3O4/c1-2-7-24(33)31-23-11-6-10-21(16-23)26-25(27(34)30-17-19-12-14-22(29)15-13-19)32(28(35)36-26)18-20-8-4-3-5-9-20/h3-6,8-16,25-26H,2,7,17-18H2,1H3,(H,30,34)(H,31,33). The Balaban J connectivity index is 1.59. The molecule has 1 fully saturated rings. The Kier molecular flexibility index (Phi) is 7.95. The zero-order chi connectivity index (χ0) is 25.5. The molecule has 0 saturated carbocycles. The molecule has 1 heterocycles. The highest BCUT2D eigenvalue weighted by Crippen LogP contribution is 2.35. The summed E-state index contributed by atoms with van der Waals surface area (Å²) in [6.45, 7) is 2.28. The highest BCUT2D eigenvalue weighted by atomic mass is 19.1. The Morgan fingerprint density at radius 1 is 0.972 bits per heavy atom. The first-order valence-electron chi connectivity index (χ1n) is 11.9. The first-order chi connectivity index (χ1) is 17.4. The fourth-order valence-corrected chi connectivity index (χ4v) is 4.13. The summed E-state index contributed by atoms with van der Waals surface area (Å²) in [4.78, 5) is 39.9. The van der Waals surface area contributed by atoms with Crippen LogP contribution in [-0.2, 0) is 27.4 Å². The van der Waals surface area contributed by atoms with Gasteiger partial charge in [0.1, 0.15) is 5.82 Å². The number of cyclic esters (lactones) is 1. The quantitative estimate of drug-likeness (QED) is 0.446. The van der Waals surface area contributed by atoms with Gasteiger partial charge in [0.25, 0.3) is 0 Å². The van der Waals surface area contributed by atoms with Gasteiger partial charge in [-0.05, 0) is 47.4 Å². The van der Waals surface area contributed by atoms with Gasteiger partial charge in [0.2, 0.25) is 11.8 Å². The number of nitrogens with one attached hydrogen (secondary N) is 2. The van der Waals surface area contributed by atoms with E-state index in [-0.39, 0.29) is 24.8 Å². The fraction of sp³-hybridized carbons (Fsp3) is 0.250. The number of halogens is 1. The van der Waals surface area contributed by atoms with E-state index in [1.54, 1.807) is 36.4 Å². The molecule has 7 nitrogen and oxygen atoms in total. The number of amides is 3. The number of benzene rings is 3. The summed E-state index contributed by atoms with van der Waals surface area (Å²) in [6.07, 6.45) is -0.373. The van der Waals surface area contributed by atoms with Gasteiger partial charge in [0.15, 0.2) is 12.1 Å².